The van der Waals surface area contributed by atoms with Crippen LogP contribution < -0.4 is 0 Å². The van der Waals surface area contributed by atoms with Crippen LogP contribution in [0.2, 0.25) is 0 Å². The second-order valence-corrected chi connectivity index (χ2v) is 12.0. The highest BCUT2D eigenvalue weighted by atomic mass is 16.7. The van der Waals surface area contributed by atoms with Crippen molar-refractivity contribution in [3.8, 4) is 0 Å². The van der Waals surface area contributed by atoms with E-state index in [9.17, 15) is 4.79 Å². The molecule has 1 aliphatic heterocycles. The SMILES string of the molecule is C=CC[C@@H](C[C@@H]1C[C@H](CC[C@H](CCCCCCCCCCCCCC)OCOC)O[C@H](c2ccccc2)O1)OC(=O)C=C. The molecule has 1 aromatic rings. The molecule has 0 aliphatic carbocycles. The zero-order valence-corrected chi connectivity index (χ0v) is 27.2. The van der Waals surface area contributed by atoms with Gasteiger partial charge in [0.15, 0.2) is 6.29 Å². The van der Waals surface area contributed by atoms with Gasteiger partial charge in [-0.15, -0.1) is 6.58 Å². The molecule has 1 fully saturated rings. The molecule has 5 atom stereocenters. The Hall–Kier alpha value is -1.99. The lowest BCUT2D eigenvalue weighted by Crippen LogP contribution is -2.37. The van der Waals surface area contributed by atoms with E-state index < -0.39 is 12.3 Å². The molecule has 0 spiro atoms. The van der Waals surface area contributed by atoms with Crippen molar-refractivity contribution in [3.63, 3.8) is 0 Å². The average Bonchev–Trinajstić information content (AvgIpc) is 3.02. The highest BCUT2D eigenvalue weighted by molar-refractivity contribution is 5.81. The average molecular weight is 601 g/mol. The van der Waals surface area contributed by atoms with E-state index >= 15 is 0 Å². The van der Waals surface area contributed by atoms with Crippen molar-refractivity contribution in [1.82, 2.24) is 0 Å². The lowest BCUT2D eigenvalue weighted by molar-refractivity contribution is -0.254. The summed E-state index contributed by atoms with van der Waals surface area (Å²) >= 11 is 0. The van der Waals surface area contributed by atoms with Gasteiger partial charge < -0.3 is 23.7 Å². The molecule has 6 heteroatoms. The number of hydrogen-bond donors (Lipinski definition) is 0. The van der Waals surface area contributed by atoms with Crippen LogP contribution in [0, 0.1) is 0 Å². The minimum Gasteiger partial charge on any atom is -0.459 e. The van der Waals surface area contributed by atoms with Gasteiger partial charge in [0.1, 0.15) is 12.9 Å². The number of rotatable bonds is 26. The molecule has 0 saturated carbocycles. The molecule has 1 saturated heterocycles. The van der Waals surface area contributed by atoms with Crippen LogP contribution >= 0.6 is 0 Å². The largest absolute Gasteiger partial charge is 0.459 e. The molecular weight excluding hydrogens is 540 g/mol. The van der Waals surface area contributed by atoms with Crippen LogP contribution in [0.3, 0.4) is 0 Å². The zero-order valence-electron chi connectivity index (χ0n) is 27.2. The Labute approximate surface area is 262 Å². The fourth-order valence-electron chi connectivity index (χ4n) is 5.83. The van der Waals surface area contributed by atoms with Crippen LogP contribution in [0.1, 0.15) is 134 Å². The minimum absolute atomic E-state index is 0.0130. The molecule has 0 bridgehead atoms. The summed E-state index contributed by atoms with van der Waals surface area (Å²) < 4.78 is 29.8. The quantitative estimate of drug-likeness (QED) is 0.0347. The molecule has 244 valence electrons. The topological polar surface area (TPSA) is 63.2 Å². The third-order valence-electron chi connectivity index (χ3n) is 8.25. The summed E-state index contributed by atoms with van der Waals surface area (Å²) in [6.45, 7) is 9.95. The summed E-state index contributed by atoms with van der Waals surface area (Å²) in [5.41, 5.74) is 0.990. The first-order valence-corrected chi connectivity index (χ1v) is 17.0. The Morgan fingerprint density at radius 3 is 2.12 bits per heavy atom. The Balaban J connectivity index is 1.83. The normalized spacial score (nSPS) is 19.9. The van der Waals surface area contributed by atoms with Crippen molar-refractivity contribution in [2.45, 2.75) is 153 Å². The van der Waals surface area contributed by atoms with Gasteiger partial charge in [-0.25, -0.2) is 4.79 Å². The van der Waals surface area contributed by atoms with Gasteiger partial charge in [0, 0.05) is 38.0 Å². The fourth-order valence-corrected chi connectivity index (χ4v) is 5.83. The van der Waals surface area contributed by atoms with Crippen LogP contribution in [-0.4, -0.2) is 44.3 Å². The number of carbonyl (C=O) groups excluding carboxylic acids is 1. The maximum absolute atomic E-state index is 11.9. The first kappa shape index (κ1) is 37.2. The molecule has 1 heterocycles. The Kier molecular flexibility index (Phi) is 21.1. The fraction of sp³-hybridized carbons (Fsp3) is 0.703. The van der Waals surface area contributed by atoms with Gasteiger partial charge in [0.2, 0.25) is 0 Å². The monoisotopic (exact) mass is 600 g/mol. The van der Waals surface area contributed by atoms with Crippen LogP contribution in [-0.2, 0) is 28.5 Å². The van der Waals surface area contributed by atoms with E-state index in [4.69, 9.17) is 23.7 Å². The standard InChI is InChI=1S/C37H60O6/c1-5-8-9-10-11-12-13-14-15-16-17-21-25-32(40-30-39-4)26-27-34-29-35(28-33(22-6-2)41-36(38)7-3)43-37(42-34)31-23-19-18-20-24-31/h6-7,18-20,23-24,32-35,37H,2-3,5,8-17,21-22,25-30H2,1,4H3/t32-,33-,34-,35+,37-/m0/s1. The van der Waals surface area contributed by atoms with Crippen LogP contribution in [0.5, 0.6) is 0 Å². The van der Waals surface area contributed by atoms with E-state index in [1.165, 1.54) is 83.1 Å². The second-order valence-electron chi connectivity index (χ2n) is 12.0. The van der Waals surface area contributed by atoms with E-state index in [0.717, 1.165) is 31.2 Å². The molecule has 1 aliphatic rings. The zero-order chi connectivity index (χ0) is 31.0. The van der Waals surface area contributed by atoms with Crippen molar-refractivity contribution >= 4 is 5.97 Å². The number of benzene rings is 1. The molecule has 0 aromatic heterocycles. The summed E-state index contributed by atoms with van der Waals surface area (Å²) in [4.78, 5) is 11.9. The number of methoxy groups -OCH3 is 1. The molecule has 6 nitrogen and oxygen atoms in total. The summed E-state index contributed by atoms with van der Waals surface area (Å²) in [5.74, 6) is -0.425. The van der Waals surface area contributed by atoms with Gasteiger partial charge in [-0.05, 0) is 19.3 Å². The van der Waals surface area contributed by atoms with Crippen molar-refractivity contribution in [2.75, 3.05) is 13.9 Å². The van der Waals surface area contributed by atoms with Crippen molar-refractivity contribution in [1.29, 1.82) is 0 Å². The van der Waals surface area contributed by atoms with E-state index in [1.54, 1.807) is 13.2 Å². The molecule has 2 rings (SSSR count). The number of carbonyl (C=O) groups is 1. The Morgan fingerprint density at radius 2 is 1.51 bits per heavy atom. The summed E-state index contributed by atoms with van der Waals surface area (Å²) in [5, 5.41) is 0. The summed E-state index contributed by atoms with van der Waals surface area (Å²) in [7, 11) is 1.68. The van der Waals surface area contributed by atoms with Gasteiger partial charge in [0.05, 0.1) is 18.3 Å². The molecule has 0 radical (unpaired) electrons. The maximum atomic E-state index is 11.9. The van der Waals surface area contributed by atoms with Crippen molar-refractivity contribution in [3.05, 3.63) is 61.2 Å². The highest BCUT2D eigenvalue weighted by Crippen LogP contribution is 2.34. The van der Waals surface area contributed by atoms with E-state index in [2.05, 4.69) is 20.1 Å². The number of unbranched alkanes of at least 4 members (excludes halogenated alkanes) is 11. The van der Waals surface area contributed by atoms with Gasteiger partial charge in [-0.1, -0.05) is 127 Å². The first-order valence-electron chi connectivity index (χ1n) is 17.0. The molecule has 1 aromatic carbocycles. The number of hydrogen-bond acceptors (Lipinski definition) is 6. The summed E-state index contributed by atoms with van der Waals surface area (Å²) in [6, 6.07) is 10.0. The summed E-state index contributed by atoms with van der Waals surface area (Å²) in [6.07, 6.45) is 23.1. The van der Waals surface area contributed by atoms with Crippen LogP contribution in [0.25, 0.3) is 0 Å². The highest BCUT2D eigenvalue weighted by Gasteiger charge is 2.33. The lowest BCUT2D eigenvalue weighted by Gasteiger charge is -2.37. The molecule has 0 unspecified atom stereocenters. The van der Waals surface area contributed by atoms with E-state index in [0.29, 0.717) is 19.6 Å². The third-order valence-corrected chi connectivity index (χ3v) is 8.25. The second kappa shape index (κ2) is 24.3. The first-order chi connectivity index (χ1) is 21.1. The molecular formula is C37H60O6. The van der Waals surface area contributed by atoms with Crippen molar-refractivity contribution < 1.29 is 28.5 Å². The van der Waals surface area contributed by atoms with Gasteiger partial charge in [0.25, 0.3) is 0 Å². The predicted molar refractivity (Wildman–Crippen MR) is 175 cm³/mol. The Morgan fingerprint density at radius 1 is 0.884 bits per heavy atom. The van der Waals surface area contributed by atoms with E-state index in [-0.39, 0.29) is 24.4 Å². The smallest absolute Gasteiger partial charge is 0.330 e. The maximum Gasteiger partial charge on any atom is 0.330 e. The minimum atomic E-state index is -0.459. The lowest BCUT2D eigenvalue weighted by atomic mass is 9.96. The number of ether oxygens (including phenoxy) is 5. The van der Waals surface area contributed by atoms with Crippen LogP contribution in [0.15, 0.2) is 55.6 Å². The van der Waals surface area contributed by atoms with Gasteiger partial charge >= 0.3 is 5.97 Å². The molecule has 0 N–H and O–H groups in total. The number of esters is 1. The molecule has 0 amide bonds. The van der Waals surface area contributed by atoms with Gasteiger partial charge in [-0.3, -0.25) is 0 Å². The van der Waals surface area contributed by atoms with E-state index in [1.807, 2.05) is 30.3 Å². The van der Waals surface area contributed by atoms with Crippen LogP contribution in [0.4, 0.5) is 0 Å². The Bertz CT molecular complexity index is 843. The molecule has 43 heavy (non-hydrogen) atoms. The predicted octanol–water partition coefficient (Wildman–Crippen LogP) is 9.78. The van der Waals surface area contributed by atoms with Crippen molar-refractivity contribution in [2.24, 2.45) is 0 Å². The van der Waals surface area contributed by atoms with Gasteiger partial charge in [-0.2, -0.15) is 0 Å². The third kappa shape index (κ3) is 17.2.